The van der Waals surface area contributed by atoms with Gasteiger partial charge in [0.15, 0.2) is 0 Å². The summed E-state index contributed by atoms with van der Waals surface area (Å²) >= 11 is 0. The highest BCUT2D eigenvalue weighted by molar-refractivity contribution is 5.94. The van der Waals surface area contributed by atoms with Crippen molar-refractivity contribution < 1.29 is 14.6 Å². The molecule has 2 atom stereocenters. The lowest BCUT2D eigenvalue weighted by molar-refractivity contribution is 0.0303. The topological polar surface area (TPSA) is 56.2 Å². The number of benzene rings is 2. The van der Waals surface area contributed by atoms with E-state index in [-0.39, 0.29) is 18.1 Å². The molecule has 4 rings (SSSR count). The number of hydrogen-bond acceptors (Lipinski definition) is 5. The van der Waals surface area contributed by atoms with Gasteiger partial charge in [0.2, 0.25) is 0 Å². The molecule has 2 aromatic rings. The third-order valence-corrected chi connectivity index (χ3v) is 6.15. The fraction of sp³-hybridized carbons (Fsp3) is 0.458. The number of β-amino-alcohol motifs (C(OH)–C–C–N with tert-alkyl or cyclic N) is 1. The number of carbonyl (C=O) groups is 1. The van der Waals surface area contributed by atoms with Crippen LogP contribution in [0.2, 0.25) is 0 Å². The standard InChI is InChI=1S/C24H31N3O3/c1-25(21-9-7-20(8-10-21)24(29)27-13-15-30-16-14-27)23(19-5-3-2-4-6-19)18-26-12-11-22(28)17-26/h2-10,22-23,28H,11-18H2,1H3/t22-,23+/m0/s1. The predicted octanol–water partition coefficient (Wildman–Crippen LogP) is 2.40. The van der Waals surface area contributed by atoms with E-state index >= 15 is 0 Å². The van der Waals surface area contributed by atoms with E-state index in [0.717, 1.165) is 31.7 Å². The lowest BCUT2D eigenvalue weighted by atomic mass is 10.0. The summed E-state index contributed by atoms with van der Waals surface area (Å²) in [4.78, 5) is 19.2. The quantitative estimate of drug-likeness (QED) is 0.794. The molecular weight excluding hydrogens is 378 g/mol. The zero-order chi connectivity index (χ0) is 20.9. The molecule has 2 fully saturated rings. The largest absolute Gasteiger partial charge is 0.392 e. The smallest absolute Gasteiger partial charge is 0.254 e. The highest BCUT2D eigenvalue weighted by Gasteiger charge is 2.26. The number of rotatable bonds is 6. The maximum atomic E-state index is 12.7. The number of aliphatic hydroxyl groups is 1. The second-order valence-corrected chi connectivity index (χ2v) is 8.19. The van der Waals surface area contributed by atoms with Crippen LogP contribution in [0, 0.1) is 0 Å². The van der Waals surface area contributed by atoms with Gasteiger partial charge in [-0.3, -0.25) is 9.69 Å². The van der Waals surface area contributed by atoms with Crippen molar-refractivity contribution >= 4 is 11.6 Å². The first-order valence-electron chi connectivity index (χ1n) is 10.8. The van der Waals surface area contributed by atoms with Crippen molar-refractivity contribution in [2.24, 2.45) is 0 Å². The van der Waals surface area contributed by atoms with Crippen LogP contribution in [-0.2, 0) is 4.74 Å². The van der Waals surface area contributed by atoms with Crippen molar-refractivity contribution in [1.82, 2.24) is 9.80 Å². The van der Waals surface area contributed by atoms with Gasteiger partial charge < -0.3 is 19.6 Å². The molecule has 0 unspecified atom stereocenters. The first-order valence-corrected chi connectivity index (χ1v) is 10.8. The van der Waals surface area contributed by atoms with Crippen molar-refractivity contribution in [2.45, 2.75) is 18.6 Å². The van der Waals surface area contributed by atoms with Crippen LogP contribution in [0.4, 0.5) is 5.69 Å². The van der Waals surface area contributed by atoms with Gasteiger partial charge in [0, 0.05) is 51.0 Å². The summed E-state index contributed by atoms with van der Waals surface area (Å²) in [5, 5.41) is 9.93. The molecule has 2 heterocycles. The van der Waals surface area contributed by atoms with E-state index < -0.39 is 0 Å². The second kappa shape index (κ2) is 9.60. The summed E-state index contributed by atoms with van der Waals surface area (Å²) in [5.41, 5.74) is 3.03. The van der Waals surface area contributed by atoms with Gasteiger partial charge in [-0.25, -0.2) is 0 Å². The number of morpholine rings is 1. The summed E-state index contributed by atoms with van der Waals surface area (Å²) in [6, 6.07) is 18.6. The third-order valence-electron chi connectivity index (χ3n) is 6.15. The zero-order valence-corrected chi connectivity index (χ0v) is 17.6. The van der Waals surface area contributed by atoms with Gasteiger partial charge in [-0.2, -0.15) is 0 Å². The molecule has 0 radical (unpaired) electrons. The normalized spacial score (nSPS) is 20.9. The van der Waals surface area contributed by atoms with E-state index in [1.807, 2.05) is 35.2 Å². The van der Waals surface area contributed by atoms with Crippen LogP contribution in [0.25, 0.3) is 0 Å². The molecule has 6 nitrogen and oxygen atoms in total. The van der Waals surface area contributed by atoms with Gasteiger partial charge >= 0.3 is 0 Å². The molecule has 0 bridgehead atoms. The minimum absolute atomic E-state index is 0.0677. The van der Waals surface area contributed by atoms with E-state index in [2.05, 4.69) is 41.1 Å². The summed E-state index contributed by atoms with van der Waals surface area (Å²) < 4.78 is 5.35. The van der Waals surface area contributed by atoms with Crippen LogP contribution in [0.15, 0.2) is 54.6 Å². The van der Waals surface area contributed by atoms with Gasteiger partial charge in [0.1, 0.15) is 0 Å². The fourth-order valence-corrected chi connectivity index (χ4v) is 4.32. The van der Waals surface area contributed by atoms with Gasteiger partial charge in [-0.05, 0) is 36.2 Å². The van der Waals surface area contributed by atoms with Gasteiger partial charge in [0.05, 0.1) is 25.4 Å². The molecule has 2 aromatic carbocycles. The Hall–Kier alpha value is -2.41. The van der Waals surface area contributed by atoms with E-state index in [4.69, 9.17) is 4.74 Å². The molecule has 1 amide bonds. The van der Waals surface area contributed by atoms with E-state index in [0.29, 0.717) is 31.9 Å². The molecule has 0 aromatic heterocycles. The summed E-state index contributed by atoms with van der Waals surface area (Å²) in [5.74, 6) is 0.0677. The Morgan fingerprint density at radius 2 is 1.80 bits per heavy atom. The molecule has 2 aliphatic rings. The molecule has 0 saturated carbocycles. The van der Waals surface area contributed by atoms with Crippen molar-refractivity contribution in [3.05, 3.63) is 65.7 Å². The Morgan fingerprint density at radius 1 is 1.10 bits per heavy atom. The Balaban J connectivity index is 1.50. The molecule has 2 saturated heterocycles. The molecule has 1 N–H and O–H groups in total. The predicted molar refractivity (Wildman–Crippen MR) is 118 cm³/mol. The summed E-state index contributed by atoms with van der Waals surface area (Å²) in [6.45, 7) is 5.02. The van der Waals surface area contributed by atoms with Crippen molar-refractivity contribution in [1.29, 1.82) is 0 Å². The number of likely N-dealkylation sites (tertiary alicyclic amines) is 1. The highest BCUT2D eigenvalue weighted by Crippen LogP contribution is 2.28. The van der Waals surface area contributed by atoms with E-state index in [9.17, 15) is 9.90 Å². The van der Waals surface area contributed by atoms with Crippen molar-refractivity contribution in [2.75, 3.05) is 57.9 Å². The average molecular weight is 410 g/mol. The van der Waals surface area contributed by atoms with Crippen LogP contribution in [0.3, 0.4) is 0 Å². The number of anilines is 1. The zero-order valence-electron chi connectivity index (χ0n) is 17.6. The monoisotopic (exact) mass is 409 g/mol. The number of ether oxygens (including phenoxy) is 1. The first kappa shape index (κ1) is 20.8. The number of hydrogen-bond donors (Lipinski definition) is 1. The molecule has 2 aliphatic heterocycles. The maximum absolute atomic E-state index is 12.7. The maximum Gasteiger partial charge on any atom is 0.254 e. The second-order valence-electron chi connectivity index (χ2n) is 8.19. The summed E-state index contributed by atoms with van der Waals surface area (Å²) in [6.07, 6.45) is 0.612. The van der Waals surface area contributed by atoms with E-state index in [1.54, 1.807) is 0 Å². The Kier molecular flexibility index (Phi) is 6.67. The molecule has 6 heteroatoms. The van der Waals surface area contributed by atoms with Crippen LogP contribution >= 0.6 is 0 Å². The number of carbonyl (C=O) groups excluding carboxylic acids is 1. The highest BCUT2D eigenvalue weighted by atomic mass is 16.5. The van der Waals surface area contributed by atoms with Gasteiger partial charge in [0.25, 0.3) is 5.91 Å². The van der Waals surface area contributed by atoms with Crippen LogP contribution in [0.1, 0.15) is 28.4 Å². The lowest BCUT2D eigenvalue weighted by Gasteiger charge is -2.34. The SMILES string of the molecule is CN(c1ccc(C(=O)N2CCOCC2)cc1)[C@H](CN1CC[C@H](O)C1)c1ccccc1. The lowest BCUT2D eigenvalue weighted by Crippen LogP contribution is -2.40. The average Bonchev–Trinajstić information content (AvgIpc) is 3.22. The van der Waals surface area contributed by atoms with Crippen molar-refractivity contribution in [3.63, 3.8) is 0 Å². The Labute approximate surface area is 178 Å². The first-order chi connectivity index (χ1) is 14.6. The minimum atomic E-state index is -0.225. The van der Waals surface area contributed by atoms with Gasteiger partial charge in [-0.15, -0.1) is 0 Å². The van der Waals surface area contributed by atoms with Gasteiger partial charge in [-0.1, -0.05) is 30.3 Å². The number of aliphatic hydroxyl groups excluding tert-OH is 1. The van der Waals surface area contributed by atoms with Crippen LogP contribution < -0.4 is 4.90 Å². The van der Waals surface area contributed by atoms with Crippen LogP contribution in [0.5, 0.6) is 0 Å². The summed E-state index contributed by atoms with van der Waals surface area (Å²) in [7, 11) is 2.10. The Morgan fingerprint density at radius 3 is 2.43 bits per heavy atom. The third kappa shape index (κ3) is 4.83. The van der Waals surface area contributed by atoms with Crippen molar-refractivity contribution in [3.8, 4) is 0 Å². The number of likely N-dealkylation sites (N-methyl/N-ethyl adjacent to an activating group) is 1. The molecule has 0 spiro atoms. The number of amides is 1. The molecule has 30 heavy (non-hydrogen) atoms. The molecule has 0 aliphatic carbocycles. The molecule has 160 valence electrons. The van der Waals surface area contributed by atoms with E-state index in [1.165, 1.54) is 5.56 Å². The Bertz CT molecular complexity index is 821. The fourth-order valence-electron chi connectivity index (χ4n) is 4.32. The molecular formula is C24H31N3O3. The minimum Gasteiger partial charge on any atom is -0.392 e. The number of nitrogens with zero attached hydrogens (tertiary/aromatic N) is 3. The van der Waals surface area contributed by atoms with Crippen LogP contribution in [-0.4, -0.2) is 79.9 Å².